The van der Waals surface area contributed by atoms with Gasteiger partial charge < -0.3 is 9.88 Å². The average molecular weight is 293 g/mol. The Morgan fingerprint density at radius 3 is 2.94 bits per heavy atom. The Labute approximate surface area is 110 Å². The Morgan fingerprint density at radius 2 is 2.12 bits per heavy atom. The summed E-state index contributed by atoms with van der Waals surface area (Å²) in [7, 11) is 0. The van der Waals surface area contributed by atoms with Crippen molar-refractivity contribution in [3.05, 3.63) is 34.9 Å². The Hall–Kier alpha value is -0.800. The normalized spacial score (nSPS) is 15.6. The Morgan fingerprint density at radius 1 is 1.29 bits per heavy atom. The summed E-state index contributed by atoms with van der Waals surface area (Å²) in [6.45, 7) is 2.22. The molecule has 0 saturated heterocycles. The van der Waals surface area contributed by atoms with Crippen LogP contribution in [0.25, 0.3) is 10.9 Å². The molecule has 0 bridgehead atoms. The molecule has 1 heterocycles. The molecule has 0 spiro atoms. The summed E-state index contributed by atoms with van der Waals surface area (Å²) in [4.78, 5) is 0. The van der Waals surface area contributed by atoms with Crippen molar-refractivity contribution in [1.82, 2.24) is 9.88 Å². The molecule has 1 aromatic heterocycles. The van der Waals surface area contributed by atoms with Gasteiger partial charge in [0, 0.05) is 34.2 Å². The van der Waals surface area contributed by atoms with Crippen LogP contribution >= 0.6 is 15.9 Å². The van der Waals surface area contributed by atoms with Crippen LogP contribution in [0.2, 0.25) is 0 Å². The van der Waals surface area contributed by atoms with Crippen LogP contribution in [0, 0.1) is 0 Å². The highest BCUT2D eigenvalue weighted by Crippen LogP contribution is 2.26. The van der Waals surface area contributed by atoms with Crippen LogP contribution in [-0.2, 0) is 6.54 Å². The summed E-state index contributed by atoms with van der Waals surface area (Å²) in [5.74, 6) is 0. The van der Waals surface area contributed by atoms with Crippen molar-refractivity contribution in [2.45, 2.75) is 31.8 Å². The fourth-order valence-corrected chi connectivity index (χ4v) is 2.81. The summed E-state index contributed by atoms with van der Waals surface area (Å²) >= 11 is 3.62. The molecule has 2 aromatic rings. The highest BCUT2D eigenvalue weighted by molar-refractivity contribution is 9.10. The Kier molecular flexibility index (Phi) is 3.21. The van der Waals surface area contributed by atoms with E-state index in [0.717, 1.165) is 19.1 Å². The molecule has 1 fully saturated rings. The fourth-order valence-electron chi connectivity index (χ4n) is 2.23. The second-order valence-corrected chi connectivity index (χ2v) is 5.62. The number of para-hydroxylation sites is 1. The molecule has 0 radical (unpaired) electrons. The number of benzene rings is 1. The lowest BCUT2D eigenvalue weighted by molar-refractivity contribution is 0.588. The van der Waals surface area contributed by atoms with Gasteiger partial charge in [-0.15, -0.1) is 0 Å². The van der Waals surface area contributed by atoms with Crippen LogP contribution in [0.4, 0.5) is 0 Å². The molecule has 1 aliphatic carbocycles. The third kappa shape index (κ3) is 2.55. The second kappa shape index (κ2) is 4.83. The standard InChI is InChI=1S/C14H17BrN2/c15-13-10-17(9-3-8-16-11-6-7-11)14-5-2-1-4-12(13)14/h1-2,4-5,10-11,16H,3,6-9H2. The summed E-state index contributed by atoms with van der Waals surface area (Å²) < 4.78 is 3.54. The number of nitrogens with zero attached hydrogens (tertiary/aromatic N) is 1. The van der Waals surface area contributed by atoms with E-state index in [1.165, 1.54) is 34.6 Å². The molecule has 1 saturated carbocycles. The lowest BCUT2D eigenvalue weighted by atomic mass is 10.2. The fraction of sp³-hybridized carbons (Fsp3) is 0.429. The predicted molar refractivity (Wildman–Crippen MR) is 75.3 cm³/mol. The van der Waals surface area contributed by atoms with Gasteiger partial charge in [-0.3, -0.25) is 0 Å². The minimum Gasteiger partial charge on any atom is -0.346 e. The van der Waals surface area contributed by atoms with Crippen LogP contribution in [0.5, 0.6) is 0 Å². The van der Waals surface area contributed by atoms with E-state index >= 15 is 0 Å². The van der Waals surface area contributed by atoms with Crippen molar-refractivity contribution in [3.8, 4) is 0 Å². The maximum absolute atomic E-state index is 3.62. The largest absolute Gasteiger partial charge is 0.346 e. The number of rotatable bonds is 5. The minimum absolute atomic E-state index is 0.822. The van der Waals surface area contributed by atoms with Crippen molar-refractivity contribution in [2.24, 2.45) is 0 Å². The number of nitrogens with one attached hydrogen (secondary N) is 1. The molecule has 3 rings (SSSR count). The zero-order valence-electron chi connectivity index (χ0n) is 9.82. The first-order valence-electron chi connectivity index (χ1n) is 6.31. The van der Waals surface area contributed by atoms with Crippen molar-refractivity contribution in [1.29, 1.82) is 0 Å². The zero-order valence-corrected chi connectivity index (χ0v) is 11.4. The molecule has 0 aliphatic heterocycles. The minimum atomic E-state index is 0.822. The second-order valence-electron chi connectivity index (χ2n) is 4.77. The van der Waals surface area contributed by atoms with Crippen molar-refractivity contribution in [2.75, 3.05) is 6.54 Å². The SMILES string of the molecule is Brc1cn(CCCNC2CC2)c2ccccc12. The molecule has 2 nitrogen and oxygen atoms in total. The van der Waals surface area contributed by atoms with Gasteiger partial charge in [-0.25, -0.2) is 0 Å². The summed E-state index contributed by atoms with van der Waals surface area (Å²) in [6, 6.07) is 9.37. The van der Waals surface area contributed by atoms with E-state index in [4.69, 9.17) is 0 Å². The van der Waals surface area contributed by atoms with Crippen LogP contribution in [0.1, 0.15) is 19.3 Å². The average Bonchev–Trinajstić information content (AvgIpc) is 3.12. The molecule has 17 heavy (non-hydrogen) atoms. The number of halogens is 1. The molecule has 3 heteroatoms. The Bertz CT molecular complexity index is 514. The quantitative estimate of drug-likeness (QED) is 0.834. The molecule has 1 N–H and O–H groups in total. The van der Waals surface area contributed by atoms with Gasteiger partial charge in [-0.05, 0) is 47.8 Å². The Balaban J connectivity index is 1.67. The molecular weight excluding hydrogens is 276 g/mol. The highest BCUT2D eigenvalue weighted by Gasteiger charge is 2.19. The molecule has 90 valence electrons. The van der Waals surface area contributed by atoms with Gasteiger partial charge in [0.15, 0.2) is 0 Å². The molecule has 1 aromatic carbocycles. The third-order valence-electron chi connectivity index (χ3n) is 3.33. The maximum atomic E-state index is 3.62. The van der Waals surface area contributed by atoms with Crippen molar-refractivity contribution >= 4 is 26.8 Å². The van der Waals surface area contributed by atoms with E-state index in [0.29, 0.717) is 0 Å². The van der Waals surface area contributed by atoms with E-state index in [9.17, 15) is 0 Å². The van der Waals surface area contributed by atoms with Gasteiger partial charge in [0.2, 0.25) is 0 Å². The number of fused-ring (bicyclic) bond motifs is 1. The van der Waals surface area contributed by atoms with E-state index in [-0.39, 0.29) is 0 Å². The number of aromatic nitrogens is 1. The van der Waals surface area contributed by atoms with E-state index in [1.54, 1.807) is 0 Å². The molecule has 0 unspecified atom stereocenters. The maximum Gasteiger partial charge on any atom is 0.0492 e. The third-order valence-corrected chi connectivity index (χ3v) is 3.96. The topological polar surface area (TPSA) is 17.0 Å². The van der Waals surface area contributed by atoms with E-state index in [1.807, 2.05) is 0 Å². The summed E-state index contributed by atoms with van der Waals surface area (Å²) in [5.41, 5.74) is 1.32. The number of hydrogen-bond donors (Lipinski definition) is 1. The first kappa shape index (κ1) is 11.3. The number of aryl methyl sites for hydroxylation is 1. The van der Waals surface area contributed by atoms with Gasteiger partial charge in [0.05, 0.1) is 0 Å². The van der Waals surface area contributed by atoms with Gasteiger partial charge in [-0.1, -0.05) is 18.2 Å². The molecule has 0 atom stereocenters. The zero-order chi connectivity index (χ0) is 11.7. The lowest BCUT2D eigenvalue weighted by Crippen LogP contribution is -2.18. The van der Waals surface area contributed by atoms with Crippen LogP contribution in [-0.4, -0.2) is 17.2 Å². The van der Waals surface area contributed by atoms with Gasteiger partial charge >= 0.3 is 0 Å². The van der Waals surface area contributed by atoms with E-state index in [2.05, 4.69) is 56.3 Å². The van der Waals surface area contributed by atoms with Gasteiger partial charge in [0.1, 0.15) is 0 Å². The molecule has 0 amide bonds. The van der Waals surface area contributed by atoms with Crippen LogP contribution < -0.4 is 5.32 Å². The first-order chi connectivity index (χ1) is 8.34. The predicted octanol–water partition coefficient (Wildman–Crippen LogP) is 3.55. The van der Waals surface area contributed by atoms with Crippen molar-refractivity contribution in [3.63, 3.8) is 0 Å². The van der Waals surface area contributed by atoms with Gasteiger partial charge in [-0.2, -0.15) is 0 Å². The lowest BCUT2D eigenvalue weighted by Gasteiger charge is -2.06. The molecular formula is C14H17BrN2. The van der Waals surface area contributed by atoms with Gasteiger partial charge in [0.25, 0.3) is 0 Å². The molecule has 1 aliphatic rings. The summed E-state index contributed by atoms with van der Waals surface area (Å²) in [6.07, 6.45) is 6.14. The first-order valence-corrected chi connectivity index (χ1v) is 7.10. The van der Waals surface area contributed by atoms with E-state index < -0.39 is 0 Å². The summed E-state index contributed by atoms with van der Waals surface area (Å²) in [5, 5.41) is 4.86. The monoisotopic (exact) mass is 292 g/mol. The highest BCUT2D eigenvalue weighted by atomic mass is 79.9. The van der Waals surface area contributed by atoms with Crippen molar-refractivity contribution < 1.29 is 0 Å². The number of hydrogen-bond acceptors (Lipinski definition) is 1. The van der Waals surface area contributed by atoms with Crippen LogP contribution in [0.3, 0.4) is 0 Å². The smallest absolute Gasteiger partial charge is 0.0492 e. The van der Waals surface area contributed by atoms with Crippen LogP contribution in [0.15, 0.2) is 34.9 Å².